The average Bonchev–Trinajstić information content (AvgIpc) is 3.14. The van der Waals surface area contributed by atoms with Gasteiger partial charge in [-0.15, -0.1) is 0 Å². The molecule has 27 heavy (non-hydrogen) atoms. The predicted octanol–water partition coefficient (Wildman–Crippen LogP) is 5.21. The van der Waals surface area contributed by atoms with E-state index < -0.39 is 0 Å². The van der Waals surface area contributed by atoms with Crippen LogP contribution in [0, 0.1) is 47.3 Å². The molecule has 2 rings (SSSR count). The molecule has 4 nitrogen and oxygen atoms in total. The molecule has 0 aromatic carbocycles. The van der Waals surface area contributed by atoms with Gasteiger partial charge < -0.3 is 18.9 Å². The summed E-state index contributed by atoms with van der Waals surface area (Å²) in [5, 5.41) is 0. The molecule has 0 N–H and O–H groups in total. The van der Waals surface area contributed by atoms with Crippen LogP contribution >= 0.6 is 0 Å². The molecule has 0 heterocycles. The van der Waals surface area contributed by atoms with E-state index in [4.69, 9.17) is 18.9 Å². The van der Waals surface area contributed by atoms with Crippen LogP contribution in [0.25, 0.3) is 0 Å². The van der Waals surface area contributed by atoms with Crippen LogP contribution in [0.5, 0.6) is 0 Å². The van der Waals surface area contributed by atoms with Crippen LogP contribution in [0.1, 0.15) is 61.8 Å². The molecular weight excluding hydrogens is 340 g/mol. The van der Waals surface area contributed by atoms with Crippen LogP contribution in [0.15, 0.2) is 0 Å². The molecule has 8 atom stereocenters. The lowest BCUT2D eigenvalue weighted by Gasteiger charge is -2.45. The minimum Gasteiger partial charge on any atom is -0.353 e. The quantitative estimate of drug-likeness (QED) is 0.433. The van der Waals surface area contributed by atoms with E-state index in [2.05, 4.69) is 27.7 Å². The topological polar surface area (TPSA) is 36.9 Å². The van der Waals surface area contributed by atoms with Crippen LogP contribution in [-0.2, 0) is 18.9 Å². The van der Waals surface area contributed by atoms with Gasteiger partial charge in [-0.3, -0.25) is 0 Å². The first-order valence-electron chi connectivity index (χ1n) is 11.3. The van der Waals surface area contributed by atoms with Gasteiger partial charge in [0.15, 0.2) is 12.6 Å². The van der Waals surface area contributed by atoms with Gasteiger partial charge in [0, 0.05) is 13.2 Å². The van der Waals surface area contributed by atoms with E-state index in [0.29, 0.717) is 25.0 Å². The summed E-state index contributed by atoms with van der Waals surface area (Å²) >= 11 is 0. The molecular formula is C23H44O4. The third kappa shape index (κ3) is 5.46. The zero-order valence-electron chi connectivity index (χ0n) is 18.9. The van der Waals surface area contributed by atoms with Crippen molar-refractivity contribution in [3.05, 3.63) is 0 Å². The molecule has 0 spiro atoms. The zero-order valence-corrected chi connectivity index (χ0v) is 18.9. The number of rotatable bonds is 12. The Morgan fingerprint density at radius 2 is 1.00 bits per heavy atom. The Hall–Kier alpha value is -0.160. The number of hydrogen-bond acceptors (Lipinski definition) is 4. The minimum absolute atomic E-state index is 0.128. The highest BCUT2D eigenvalue weighted by Crippen LogP contribution is 2.62. The first-order chi connectivity index (χ1) is 12.8. The van der Waals surface area contributed by atoms with E-state index in [9.17, 15) is 0 Å². The van der Waals surface area contributed by atoms with Gasteiger partial charge in [0.1, 0.15) is 0 Å². The SMILES string of the molecule is CCOC(C)OCC1C(COC(C)OCC)C2CC1C(C(C)C)C2C(C)C. The predicted molar refractivity (Wildman–Crippen MR) is 109 cm³/mol. The maximum Gasteiger partial charge on any atom is 0.154 e. The fourth-order valence-electron chi connectivity index (χ4n) is 6.19. The smallest absolute Gasteiger partial charge is 0.154 e. The Labute approximate surface area is 167 Å². The molecule has 4 heteroatoms. The summed E-state index contributed by atoms with van der Waals surface area (Å²) in [6.07, 6.45) is 1.08. The molecule has 160 valence electrons. The summed E-state index contributed by atoms with van der Waals surface area (Å²) in [6, 6.07) is 0. The van der Waals surface area contributed by atoms with Gasteiger partial charge in [-0.25, -0.2) is 0 Å². The Balaban J connectivity index is 2.11. The van der Waals surface area contributed by atoms with Crippen molar-refractivity contribution in [2.45, 2.75) is 74.4 Å². The summed E-state index contributed by atoms with van der Waals surface area (Å²) in [4.78, 5) is 0. The largest absolute Gasteiger partial charge is 0.353 e. The number of ether oxygens (including phenoxy) is 4. The fourth-order valence-corrected chi connectivity index (χ4v) is 6.19. The van der Waals surface area contributed by atoms with Crippen molar-refractivity contribution in [3.8, 4) is 0 Å². The second kappa shape index (κ2) is 10.6. The van der Waals surface area contributed by atoms with Gasteiger partial charge in [0.05, 0.1) is 13.2 Å². The average molecular weight is 385 g/mol. The summed E-state index contributed by atoms with van der Waals surface area (Å²) in [5.41, 5.74) is 0. The van der Waals surface area contributed by atoms with E-state index in [-0.39, 0.29) is 12.6 Å². The van der Waals surface area contributed by atoms with Crippen molar-refractivity contribution in [2.75, 3.05) is 26.4 Å². The van der Waals surface area contributed by atoms with Crippen molar-refractivity contribution in [1.29, 1.82) is 0 Å². The van der Waals surface area contributed by atoms with E-state index in [1.807, 2.05) is 27.7 Å². The van der Waals surface area contributed by atoms with Gasteiger partial charge in [0.2, 0.25) is 0 Å². The molecule has 2 bridgehead atoms. The standard InChI is InChI=1S/C23H44O4/c1-9-24-16(7)26-12-20-18-11-19(21(20)13-27-17(8)25-10-2)23(15(5)6)22(18)14(3)4/h14-23H,9-13H2,1-8H3. The molecule has 2 aliphatic carbocycles. The Morgan fingerprint density at radius 1 is 0.630 bits per heavy atom. The van der Waals surface area contributed by atoms with Gasteiger partial charge in [-0.05, 0) is 81.5 Å². The van der Waals surface area contributed by atoms with E-state index in [1.165, 1.54) is 6.42 Å². The molecule has 0 aliphatic heterocycles. The number of hydrogen-bond donors (Lipinski definition) is 0. The lowest BCUT2D eigenvalue weighted by Crippen LogP contribution is -2.43. The Bertz CT molecular complexity index is 387. The third-order valence-corrected chi connectivity index (χ3v) is 7.02. The monoisotopic (exact) mass is 384 g/mol. The molecule has 2 fully saturated rings. The summed E-state index contributed by atoms with van der Waals surface area (Å²) in [7, 11) is 0. The third-order valence-electron chi connectivity index (χ3n) is 7.02. The van der Waals surface area contributed by atoms with Gasteiger partial charge in [-0.2, -0.15) is 0 Å². The molecule has 0 radical (unpaired) electrons. The zero-order chi connectivity index (χ0) is 20.1. The fraction of sp³-hybridized carbons (Fsp3) is 1.00. The number of fused-ring (bicyclic) bond motifs is 2. The van der Waals surface area contributed by atoms with Crippen LogP contribution in [-0.4, -0.2) is 39.0 Å². The van der Waals surface area contributed by atoms with Gasteiger partial charge in [0.25, 0.3) is 0 Å². The van der Waals surface area contributed by atoms with E-state index in [0.717, 1.165) is 48.7 Å². The molecule has 2 saturated carbocycles. The van der Waals surface area contributed by atoms with Crippen molar-refractivity contribution in [1.82, 2.24) is 0 Å². The van der Waals surface area contributed by atoms with Gasteiger partial charge in [-0.1, -0.05) is 27.7 Å². The first-order valence-corrected chi connectivity index (χ1v) is 11.3. The van der Waals surface area contributed by atoms with Crippen LogP contribution in [0.4, 0.5) is 0 Å². The summed E-state index contributed by atoms with van der Waals surface area (Å²) in [5.74, 6) is 5.66. The molecule has 0 saturated heterocycles. The summed E-state index contributed by atoms with van der Waals surface area (Å²) < 4.78 is 23.5. The van der Waals surface area contributed by atoms with Gasteiger partial charge >= 0.3 is 0 Å². The molecule has 8 unspecified atom stereocenters. The Morgan fingerprint density at radius 3 is 1.30 bits per heavy atom. The molecule has 0 aromatic heterocycles. The highest BCUT2D eigenvalue weighted by atomic mass is 16.7. The lowest BCUT2D eigenvalue weighted by molar-refractivity contribution is -0.168. The normalized spacial score (nSPS) is 35.3. The van der Waals surface area contributed by atoms with Crippen molar-refractivity contribution >= 4 is 0 Å². The maximum absolute atomic E-state index is 6.12. The van der Waals surface area contributed by atoms with Crippen molar-refractivity contribution in [2.24, 2.45) is 47.3 Å². The summed E-state index contributed by atoms with van der Waals surface area (Å²) in [6.45, 7) is 20.6. The minimum atomic E-state index is -0.128. The van der Waals surface area contributed by atoms with Crippen LogP contribution < -0.4 is 0 Å². The van der Waals surface area contributed by atoms with E-state index in [1.54, 1.807) is 0 Å². The highest BCUT2D eigenvalue weighted by Gasteiger charge is 2.58. The van der Waals surface area contributed by atoms with Crippen molar-refractivity contribution in [3.63, 3.8) is 0 Å². The maximum atomic E-state index is 6.12. The Kier molecular flexibility index (Phi) is 9.05. The highest BCUT2D eigenvalue weighted by molar-refractivity contribution is 5.06. The van der Waals surface area contributed by atoms with Crippen LogP contribution in [0.2, 0.25) is 0 Å². The molecule has 2 aliphatic rings. The molecule has 0 amide bonds. The van der Waals surface area contributed by atoms with Crippen LogP contribution in [0.3, 0.4) is 0 Å². The second-order valence-corrected chi connectivity index (χ2v) is 9.25. The molecule has 0 aromatic rings. The second-order valence-electron chi connectivity index (χ2n) is 9.25. The first kappa shape index (κ1) is 23.1. The van der Waals surface area contributed by atoms with E-state index >= 15 is 0 Å². The lowest BCUT2D eigenvalue weighted by atomic mass is 9.62. The van der Waals surface area contributed by atoms with Crippen molar-refractivity contribution < 1.29 is 18.9 Å².